The molecule has 1 saturated heterocycles. The van der Waals surface area contributed by atoms with Crippen LogP contribution in [0.4, 0.5) is 0 Å². The summed E-state index contributed by atoms with van der Waals surface area (Å²) in [6.45, 7) is 4.00. The number of carbonyl (C=O) groups is 1. The molecule has 18 heavy (non-hydrogen) atoms. The van der Waals surface area contributed by atoms with Crippen LogP contribution in [0.25, 0.3) is 0 Å². The summed E-state index contributed by atoms with van der Waals surface area (Å²) >= 11 is 0. The number of nitrogens with one attached hydrogen (secondary N) is 1. The van der Waals surface area contributed by atoms with Gasteiger partial charge < -0.3 is 9.80 Å². The van der Waals surface area contributed by atoms with Crippen LogP contribution in [-0.4, -0.2) is 53.6 Å². The van der Waals surface area contributed by atoms with Crippen LogP contribution in [-0.2, 0) is 4.79 Å². The summed E-state index contributed by atoms with van der Waals surface area (Å²) in [5, 5.41) is 3.46. The van der Waals surface area contributed by atoms with E-state index in [9.17, 15) is 4.79 Å². The van der Waals surface area contributed by atoms with Crippen LogP contribution in [0.15, 0.2) is 0 Å². The normalized spacial score (nSPS) is 30.9. The lowest BCUT2D eigenvalue weighted by Gasteiger charge is -2.28. The highest BCUT2D eigenvalue weighted by atomic mass is 16.2. The third kappa shape index (κ3) is 2.05. The van der Waals surface area contributed by atoms with Crippen molar-refractivity contribution >= 4 is 5.91 Å². The smallest absolute Gasteiger partial charge is 0.244 e. The third-order valence-electron chi connectivity index (χ3n) is 5.01. The molecule has 3 rings (SSSR count). The SMILES string of the molecule is CC1NC2(CC2)C(=O)N1CCN(C)C1CCCC1. The molecule has 1 aliphatic heterocycles. The molecular weight excluding hydrogens is 226 g/mol. The number of rotatable bonds is 4. The summed E-state index contributed by atoms with van der Waals surface area (Å²) in [7, 11) is 2.21. The van der Waals surface area contributed by atoms with Crippen LogP contribution in [0.2, 0.25) is 0 Å². The summed E-state index contributed by atoms with van der Waals surface area (Å²) in [6, 6.07) is 0.751. The molecule has 1 heterocycles. The molecule has 0 aromatic rings. The van der Waals surface area contributed by atoms with E-state index in [1.54, 1.807) is 0 Å². The highest BCUT2D eigenvalue weighted by molar-refractivity contribution is 5.91. The van der Waals surface area contributed by atoms with E-state index < -0.39 is 0 Å². The first-order chi connectivity index (χ1) is 8.62. The Hall–Kier alpha value is -0.610. The second-order valence-corrected chi connectivity index (χ2v) is 6.32. The molecule has 4 heteroatoms. The highest BCUT2D eigenvalue weighted by Gasteiger charge is 2.57. The molecule has 0 bridgehead atoms. The zero-order chi connectivity index (χ0) is 12.8. The van der Waals surface area contributed by atoms with E-state index in [4.69, 9.17) is 0 Å². The molecule has 2 aliphatic carbocycles. The number of hydrogen-bond donors (Lipinski definition) is 1. The maximum atomic E-state index is 12.3. The lowest BCUT2D eigenvalue weighted by atomic mass is 10.2. The third-order valence-corrected chi connectivity index (χ3v) is 5.01. The maximum Gasteiger partial charge on any atom is 0.244 e. The average molecular weight is 251 g/mol. The predicted octanol–water partition coefficient (Wildman–Crippen LogP) is 1.17. The Morgan fingerprint density at radius 1 is 1.39 bits per heavy atom. The summed E-state index contributed by atoms with van der Waals surface area (Å²) in [5.74, 6) is 0.342. The fourth-order valence-electron chi connectivity index (χ4n) is 3.56. The first-order valence-electron chi connectivity index (χ1n) is 7.41. The van der Waals surface area contributed by atoms with Crippen LogP contribution in [0.5, 0.6) is 0 Å². The van der Waals surface area contributed by atoms with Gasteiger partial charge in [-0.15, -0.1) is 0 Å². The van der Waals surface area contributed by atoms with Crippen molar-refractivity contribution in [3.8, 4) is 0 Å². The maximum absolute atomic E-state index is 12.3. The number of hydrogen-bond acceptors (Lipinski definition) is 3. The second kappa shape index (κ2) is 4.49. The van der Waals surface area contributed by atoms with E-state index >= 15 is 0 Å². The number of carbonyl (C=O) groups excluding carboxylic acids is 1. The molecule has 102 valence electrons. The van der Waals surface area contributed by atoms with E-state index in [1.807, 2.05) is 4.90 Å². The molecular formula is C14H25N3O. The Morgan fingerprint density at radius 3 is 2.61 bits per heavy atom. The lowest BCUT2D eigenvalue weighted by molar-refractivity contribution is -0.130. The first-order valence-corrected chi connectivity index (χ1v) is 7.41. The van der Waals surface area contributed by atoms with Crippen LogP contribution in [0.1, 0.15) is 45.4 Å². The molecule has 2 saturated carbocycles. The predicted molar refractivity (Wildman–Crippen MR) is 71.2 cm³/mol. The van der Waals surface area contributed by atoms with Gasteiger partial charge in [-0.2, -0.15) is 0 Å². The zero-order valence-corrected chi connectivity index (χ0v) is 11.6. The standard InChI is InChI=1S/C14H25N3O/c1-11-15-14(7-8-14)13(18)17(11)10-9-16(2)12-5-3-4-6-12/h11-12,15H,3-10H2,1-2H3. The quantitative estimate of drug-likeness (QED) is 0.815. The Kier molecular flexibility index (Phi) is 3.10. The van der Waals surface area contributed by atoms with Gasteiger partial charge in [0.05, 0.1) is 11.7 Å². The zero-order valence-electron chi connectivity index (χ0n) is 11.6. The van der Waals surface area contributed by atoms with Crippen molar-refractivity contribution in [1.82, 2.24) is 15.1 Å². The highest BCUT2D eigenvalue weighted by Crippen LogP contribution is 2.41. The molecule has 4 nitrogen and oxygen atoms in total. The van der Waals surface area contributed by atoms with E-state index in [0.717, 1.165) is 32.0 Å². The van der Waals surface area contributed by atoms with Crippen LogP contribution >= 0.6 is 0 Å². The van der Waals surface area contributed by atoms with Gasteiger partial charge in [-0.25, -0.2) is 0 Å². The molecule has 0 aromatic heterocycles. The summed E-state index contributed by atoms with van der Waals surface area (Å²) in [4.78, 5) is 16.8. The van der Waals surface area contributed by atoms with Crippen molar-refractivity contribution in [1.29, 1.82) is 0 Å². The minimum atomic E-state index is -0.147. The van der Waals surface area contributed by atoms with Crippen molar-refractivity contribution in [3.63, 3.8) is 0 Å². The van der Waals surface area contributed by atoms with Crippen molar-refractivity contribution in [2.75, 3.05) is 20.1 Å². The molecule has 1 N–H and O–H groups in total. The minimum absolute atomic E-state index is 0.147. The van der Waals surface area contributed by atoms with Gasteiger partial charge in [-0.05, 0) is 39.7 Å². The van der Waals surface area contributed by atoms with Crippen LogP contribution < -0.4 is 5.32 Å². The van der Waals surface area contributed by atoms with Crippen molar-refractivity contribution < 1.29 is 4.79 Å². The van der Waals surface area contributed by atoms with Crippen molar-refractivity contribution in [2.24, 2.45) is 0 Å². The Balaban J connectivity index is 1.52. The molecule has 0 aromatic carbocycles. The van der Waals surface area contributed by atoms with Gasteiger partial charge in [0.25, 0.3) is 0 Å². The topological polar surface area (TPSA) is 35.6 Å². The Morgan fingerprint density at radius 2 is 2.06 bits per heavy atom. The van der Waals surface area contributed by atoms with Gasteiger partial charge in [0, 0.05) is 19.1 Å². The van der Waals surface area contributed by atoms with E-state index in [0.29, 0.717) is 5.91 Å². The minimum Gasteiger partial charge on any atom is -0.325 e. The van der Waals surface area contributed by atoms with Crippen molar-refractivity contribution in [3.05, 3.63) is 0 Å². The van der Waals surface area contributed by atoms with Gasteiger partial charge in [0.1, 0.15) is 0 Å². The Bertz CT molecular complexity index is 334. The summed E-state index contributed by atoms with van der Waals surface area (Å²) in [6.07, 6.45) is 7.70. The first kappa shape index (κ1) is 12.4. The monoisotopic (exact) mass is 251 g/mol. The van der Waals surface area contributed by atoms with Gasteiger partial charge in [0.15, 0.2) is 0 Å². The van der Waals surface area contributed by atoms with Gasteiger partial charge in [-0.3, -0.25) is 10.1 Å². The molecule has 1 atom stereocenters. The largest absolute Gasteiger partial charge is 0.325 e. The van der Waals surface area contributed by atoms with E-state index in [1.165, 1.54) is 25.7 Å². The average Bonchev–Trinajstić information content (AvgIpc) is 2.85. The number of amides is 1. The Labute approximate surface area is 110 Å². The lowest BCUT2D eigenvalue weighted by Crippen LogP contribution is -2.42. The summed E-state index contributed by atoms with van der Waals surface area (Å²) in [5.41, 5.74) is -0.147. The van der Waals surface area contributed by atoms with Crippen LogP contribution in [0.3, 0.4) is 0 Å². The molecule has 1 spiro atoms. The molecule has 3 fully saturated rings. The fraction of sp³-hybridized carbons (Fsp3) is 0.929. The molecule has 0 radical (unpaired) electrons. The van der Waals surface area contributed by atoms with Crippen molar-refractivity contribution in [2.45, 2.75) is 63.2 Å². The van der Waals surface area contributed by atoms with Gasteiger partial charge in [0.2, 0.25) is 5.91 Å². The van der Waals surface area contributed by atoms with Gasteiger partial charge >= 0.3 is 0 Å². The molecule has 1 unspecified atom stereocenters. The molecule has 3 aliphatic rings. The number of nitrogens with zero attached hydrogens (tertiary/aromatic N) is 2. The fourth-order valence-corrected chi connectivity index (χ4v) is 3.56. The molecule has 1 amide bonds. The number of likely N-dealkylation sites (N-methyl/N-ethyl adjacent to an activating group) is 1. The van der Waals surface area contributed by atoms with Gasteiger partial charge in [-0.1, -0.05) is 12.8 Å². The summed E-state index contributed by atoms with van der Waals surface area (Å²) < 4.78 is 0. The second-order valence-electron chi connectivity index (χ2n) is 6.32. The van der Waals surface area contributed by atoms with E-state index in [-0.39, 0.29) is 11.7 Å². The van der Waals surface area contributed by atoms with Crippen LogP contribution in [0, 0.1) is 0 Å². The van der Waals surface area contributed by atoms with E-state index in [2.05, 4.69) is 24.2 Å².